The molecule has 0 radical (unpaired) electrons. The number of anilines is 1. The molecule has 10 heteroatoms. The Morgan fingerprint density at radius 2 is 1.58 bits per heavy atom. The molecule has 2 N–H and O–H groups in total. The van der Waals surface area contributed by atoms with Gasteiger partial charge in [0.05, 0.1) is 12.5 Å². The number of nitrogens with zero attached hydrogens (tertiary/aromatic N) is 1. The van der Waals surface area contributed by atoms with Crippen LogP contribution in [0, 0.1) is 0 Å². The summed E-state index contributed by atoms with van der Waals surface area (Å²) >= 11 is 0. The van der Waals surface area contributed by atoms with Crippen molar-refractivity contribution in [3.05, 3.63) is 29.8 Å². The lowest BCUT2D eigenvalue weighted by atomic mass is 10.1. The second kappa shape index (κ2) is 7.08. The first-order valence-corrected chi connectivity index (χ1v) is 11.1. The van der Waals surface area contributed by atoms with Crippen molar-refractivity contribution in [2.75, 3.05) is 30.3 Å². The molecule has 0 atom stereocenters. The van der Waals surface area contributed by atoms with E-state index < -0.39 is 20.0 Å². The summed E-state index contributed by atoms with van der Waals surface area (Å²) in [5.74, 6) is -0.265. The third kappa shape index (κ3) is 5.46. The molecule has 24 heavy (non-hydrogen) atoms. The van der Waals surface area contributed by atoms with Crippen molar-refractivity contribution in [2.24, 2.45) is 0 Å². The quantitative estimate of drug-likeness (QED) is 0.764. The molecule has 8 nitrogen and oxygen atoms in total. The zero-order valence-electron chi connectivity index (χ0n) is 13.5. The lowest BCUT2D eigenvalue weighted by molar-refractivity contribution is 0.0924. The van der Waals surface area contributed by atoms with Crippen LogP contribution in [-0.4, -0.2) is 58.7 Å². The van der Waals surface area contributed by atoms with Gasteiger partial charge in [-0.3, -0.25) is 9.52 Å². The van der Waals surface area contributed by atoms with Gasteiger partial charge in [0.2, 0.25) is 20.0 Å². The van der Waals surface area contributed by atoms with Crippen LogP contribution < -0.4 is 10.0 Å². The van der Waals surface area contributed by atoms with Crippen LogP contribution in [0.5, 0.6) is 0 Å². The first-order chi connectivity index (χ1) is 11.0. The van der Waals surface area contributed by atoms with E-state index >= 15 is 0 Å². The fourth-order valence-corrected chi connectivity index (χ4v) is 3.94. The Morgan fingerprint density at radius 1 is 1.04 bits per heavy atom. The number of carbonyl (C=O) groups is 1. The fraction of sp³-hybridized carbons (Fsp3) is 0.500. The molecule has 0 saturated carbocycles. The summed E-state index contributed by atoms with van der Waals surface area (Å²) in [6, 6.07) is 6.03. The van der Waals surface area contributed by atoms with Crippen molar-refractivity contribution >= 4 is 31.6 Å². The van der Waals surface area contributed by atoms with Gasteiger partial charge in [0.1, 0.15) is 0 Å². The number of benzene rings is 1. The molecule has 1 aliphatic rings. The smallest absolute Gasteiger partial charge is 0.251 e. The maximum absolute atomic E-state index is 12.2. The van der Waals surface area contributed by atoms with E-state index in [0.29, 0.717) is 37.2 Å². The molecule has 1 aromatic carbocycles. The Balaban J connectivity index is 1.91. The van der Waals surface area contributed by atoms with E-state index in [1.54, 1.807) is 0 Å². The summed E-state index contributed by atoms with van der Waals surface area (Å²) in [5.41, 5.74) is 0.801. The molecule has 0 aliphatic carbocycles. The summed E-state index contributed by atoms with van der Waals surface area (Å²) in [4.78, 5) is 12.2. The van der Waals surface area contributed by atoms with E-state index in [-0.39, 0.29) is 11.9 Å². The third-order valence-corrected chi connectivity index (χ3v) is 5.62. The first kappa shape index (κ1) is 18.7. The Hall–Kier alpha value is -1.65. The number of rotatable bonds is 5. The molecule has 0 unspecified atom stereocenters. The molecule has 0 spiro atoms. The van der Waals surface area contributed by atoms with Crippen molar-refractivity contribution in [1.82, 2.24) is 9.62 Å². The van der Waals surface area contributed by atoms with Crippen LogP contribution in [0.2, 0.25) is 0 Å². The summed E-state index contributed by atoms with van der Waals surface area (Å²) < 4.78 is 48.9. The van der Waals surface area contributed by atoms with E-state index in [1.807, 2.05) is 0 Å². The van der Waals surface area contributed by atoms with Gasteiger partial charge in [-0.15, -0.1) is 0 Å². The van der Waals surface area contributed by atoms with E-state index in [4.69, 9.17) is 0 Å². The zero-order chi connectivity index (χ0) is 18.0. The minimum absolute atomic E-state index is 0.0793. The van der Waals surface area contributed by atoms with Crippen molar-refractivity contribution in [3.63, 3.8) is 0 Å². The Kier molecular flexibility index (Phi) is 5.51. The van der Waals surface area contributed by atoms with E-state index in [2.05, 4.69) is 10.0 Å². The van der Waals surface area contributed by atoms with Gasteiger partial charge < -0.3 is 5.32 Å². The Labute approximate surface area is 142 Å². The molecule has 1 amide bonds. The average Bonchev–Trinajstić information content (AvgIpc) is 2.46. The lowest BCUT2D eigenvalue weighted by Crippen LogP contribution is -2.46. The van der Waals surface area contributed by atoms with Crippen molar-refractivity contribution in [3.8, 4) is 0 Å². The predicted molar refractivity (Wildman–Crippen MR) is 91.8 cm³/mol. The molecule has 1 aromatic rings. The van der Waals surface area contributed by atoms with E-state index in [0.717, 1.165) is 6.26 Å². The number of nitrogens with one attached hydrogen (secondary N) is 2. The number of amides is 1. The topological polar surface area (TPSA) is 113 Å². The summed E-state index contributed by atoms with van der Waals surface area (Å²) in [5, 5.41) is 2.88. The van der Waals surface area contributed by atoms with Gasteiger partial charge in [-0.2, -0.15) is 0 Å². The zero-order valence-corrected chi connectivity index (χ0v) is 15.2. The second-order valence-corrected chi connectivity index (χ2v) is 9.59. The highest BCUT2D eigenvalue weighted by molar-refractivity contribution is 7.92. The third-order valence-electron chi connectivity index (χ3n) is 3.71. The van der Waals surface area contributed by atoms with Gasteiger partial charge in [-0.05, 0) is 37.1 Å². The second-order valence-electron chi connectivity index (χ2n) is 5.86. The molecule has 0 aromatic heterocycles. The molecule has 1 fully saturated rings. The van der Waals surface area contributed by atoms with Gasteiger partial charge in [0.15, 0.2) is 0 Å². The van der Waals surface area contributed by atoms with Gasteiger partial charge in [-0.25, -0.2) is 21.1 Å². The highest BCUT2D eigenvalue weighted by Crippen LogP contribution is 2.15. The lowest BCUT2D eigenvalue weighted by Gasteiger charge is -2.30. The van der Waals surface area contributed by atoms with Crippen LogP contribution in [-0.2, 0) is 20.0 Å². The van der Waals surface area contributed by atoms with Crippen LogP contribution in [0.4, 0.5) is 5.69 Å². The molecular weight excluding hydrogens is 354 g/mol. The predicted octanol–water partition coefficient (Wildman–Crippen LogP) is 0.212. The maximum atomic E-state index is 12.2. The van der Waals surface area contributed by atoms with E-state index in [9.17, 15) is 21.6 Å². The highest BCUT2D eigenvalue weighted by Gasteiger charge is 2.25. The minimum Gasteiger partial charge on any atom is -0.349 e. The van der Waals surface area contributed by atoms with Crippen molar-refractivity contribution in [2.45, 2.75) is 18.9 Å². The number of hydrogen-bond acceptors (Lipinski definition) is 5. The SMILES string of the molecule is CS(=O)(=O)Nc1ccc(C(=O)NC2CCN(S(C)(=O)=O)CC2)cc1. The Morgan fingerprint density at radius 3 is 2.04 bits per heavy atom. The fourth-order valence-electron chi connectivity index (χ4n) is 2.50. The Bertz CT molecular complexity index is 795. The molecule has 2 rings (SSSR count). The van der Waals surface area contributed by atoms with Gasteiger partial charge in [-0.1, -0.05) is 0 Å². The molecule has 1 saturated heterocycles. The minimum atomic E-state index is -3.35. The highest BCUT2D eigenvalue weighted by atomic mass is 32.2. The normalized spacial score (nSPS) is 17.4. The van der Waals surface area contributed by atoms with Gasteiger partial charge in [0, 0.05) is 30.4 Å². The summed E-state index contributed by atoms with van der Waals surface area (Å²) in [7, 11) is -6.54. The summed E-state index contributed by atoms with van der Waals surface area (Å²) in [6.07, 6.45) is 3.35. The summed E-state index contributed by atoms with van der Waals surface area (Å²) in [6.45, 7) is 0.780. The van der Waals surface area contributed by atoms with Gasteiger partial charge >= 0.3 is 0 Å². The first-order valence-electron chi connectivity index (χ1n) is 7.38. The van der Waals surface area contributed by atoms with Crippen LogP contribution in [0.1, 0.15) is 23.2 Å². The molecular formula is C14H21N3O5S2. The monoisotopic (exact) mass is 375 g/mol. The largest absolute Gasteiger partial charge is 0.349 e. The number of carbonyl (C=O) groups excluding carboxylic acids is 1. The van der Waals surface area contributed by atoms with Crippen LogP contribution in [0.25, 0.3) is 0 Å². The number of hydrogen-bond donors (Lipinski definition) is 2. The number of sulfonamides is 2. The molecule has 0 bridgehead atoms. The molecule has 1 heterocycles. The molecule has 1 aliphatic heterocycles. The standard InChI is InChI=1S/C14H21N3O5S2/c1-23(19,20)16-13-5-3-11(4-6-13)14(18)15-12-7-9-17(10-8-12)24(2,21)22/h3-6,12,16H,7-10H2,1-2H3,(H,15,18). The van der Waals surface area contributed by atoms with Gasteiger partial charge in [0.25, 0.3) is 5.91 Å². The van der Waals surface area contributed by atoms with Crippen LogP contribution >= 0.6 is 0 Å². The van der Waals surface area contributed by atoms with Crippen molar-refractivity contribution < 1.29 is 21.6 Å². The molecule has 134 valence electrons. The number of piperidine rings is 1. The van der Waals surface area contributed by atoms with E-state index in [1.165, 1.54) is 34.8 Å². The van der Waals surface area contributed by atoms with Crippen molar-refractivity contribution in [1.29, 1.82) is 0 Å². The average molecular weight is 375 g/mol. The maximum Gasteiger partial charge on any atom is 0.251 e. The van der Waals surface area contributed by atoms with Crippen LogP contribution in [0.3, 0.4) is 0 Å². The van der Waals surface area contributed by atoms with Crippen LogP contribution in [0.15, 0.2) is 24.3 Å².